The molecule has 1 N–H and O–H groups in total. The lowest BCUT2D eigenvalue weighted by atomic mass is 9.94. The zero-order valence-corrected chi connectivity index (χ0v) is 15.7. The minimum atomic E-state index is -1.28. The number of benzene rings is 2. The molecule has 1 aromatic heterocycles. The quantitative estimate of drug-likeness (QED) is 0.493. The number of nitrogens with one attached hydrogen (secondary N) is 1. The van der Waals surface area contributed by atoms with Crippen molar-refractivity contribution in [2.24, 2.45) is 0 Å². The number of halogens is 2. The van der Waals surface area contributed by atoms with E-state index < -0.39 is 47.3 Å². The van der Waals surface area contributed by atoms with E-state index in [4.69, 9.17) is 4.74 Å². The topological polar surface area (TPSA) is 98.2 Å². The van der Waals surface area contributed by atoms with E-state index in [2.05, 4.69) is 0 Å². The summed E-state index contributed by atoms with van der Waals surface area (Å²) in [7, 11) is 0. The van der Waals surface area contributed by atoms with E-state index in [1.807, 2.05) is 0 Å². The maximum absolute atomic E-state index is 14.5. The van der Waals surface area contributed by atoms with Crippen LogP contribution in [0.4, 0.5) is 8.78 Å². The Morgan fingerprint density at radius 3 is 2.43 bits per heavy atom. The summed E-state index contributed by atoms with van der Waals surface area (Å²) in [5.41, 5.74) is -0.942. The van der Waals surface area contributed by atoms with Gasteiger partial charge in [-0.25, -0.2) is 14.0 Å². The fraction of sp³-hybridized carbons (Fsp3) is 0.143. The number of Topliss-reactive ketones (excluding diaryl/α,β-unsaturated/α-hetero) is 1. The van der Waals surface area contributed by atoms with Crippen LogP contribution in [0.1, 0.15) is 18.4 Å². The Morgan fingerprint density at radius 1 is 1.07 bits per heavy atom. The van der Waals surface area contributed by atoms with Crippen molar-refractivity contribution >= 4 is 11.8 Å². The highest BCUT2D eigenvalue weighted by Crippen LogP contribution is 2.26. The number of carbonyl (C=O) groups is 2. The highest BCUT2D eigenvalue weighted by molar-refractivity contribution is 6.35. The first-order valence-corrected chi connectivity index (χ1v) is 8.83. The second kappa shape index (κ2) is 8.64. The van der Waals surface area contributed by atoms with Gasteiger partial charge in [0.15, 0.2) is 6.73 Å². The number of aromatic amines is 1. The van der Waals surface area contributed by atoms with Crippen molar-refractivity contribution in [2.45, 2.75) is 19.6 Å². The molecule has 0 radical (unpaired) electrons. The Morgan fingerprint density at radius 2 is 1.77 bits per heavy atom. The molecule has 0 aliphatic carbocycles. The maximum atomic E-state index is 14.5. The van der Waals surface area contributed by atoms with Crippen LogP contribution in [-0.2, 0) is 21.1 Å². The van der Waals surface area contributed by atoms with E-state index in [9.17, 15) is 28.0 Å². The van der Waals surface area contributed by atoms with E-state index in [0.29, 0.717) is 21.9 Å². The van der Waals surface area contributed by atoms with Gasteiger partial charge in [-0.05, 0) is 17.2 Å². The number of esters is 1. The number of hydrogen-bond donors (Lipinski definition) is 1. The molecule has 9 heteroatoms. The average Bonchev–Trinajstić information content (AvgIpc) is 2.74. The first-order valence-electron chi connectivity index (χ1n) is 8.83. The lowest BCUT2D eigenvalue weighted by Crippen LogP contribution is -2.33. The number of aromatic nitrogens is 2. The molecule has 154 valence electrons. The van der Waals surface area contributed by atoms with Crippen LogP contribution in [0, 0.1) is 11.6 Å². The fourth-order valence-electron chi connectivity index (χ4n) is 2.76. The largest absolute Gasteiger partial charge is 0.438 e. The Labute approximate surface area is 168 Å². The molecule has 0 saturated heterocycles. The Bertz CT molecular complexity index is 1220. The normalized spacial score (nSPS) is 11.7. The number of ketones is 1. The molecule has 3 aromatic rings. The minimum Gasteiger partial charge on any atom is -0.438 e. The molecule has 1 heterocycles. The number of ether oxygens (including phenoxy) is 1. The second-order valence-corrected chi connectivity index (χ2v) is 6.46. The third kappa shape index (κ3) is 4.40. The van der Waals surface area contributed by atoms with E-state index in [0.717, 1.165) is 0 Å². The van der Waals surface area contributed by atoms with Crippen molar-refractivity contribution in [1.29, 1.82) is 0 Å². The fourth-order valence-corrected chi connectivity index (χ4v) is 2.76. The Hall–Kier alpha value is -3.88. The van der Waals surface area contributed by atoms with E-state index in [-0.39, 0.29) is 5.56 Å². The zero-order valence-electron chi connectivity index (χ0n) is 15.7. The van der Waals surface area contributed by atoms with Crippen molar-refractivity contribution in [3.63, 3.8) is 0 Å². The van der Waals surface area contributed by atoms with Gasteiger partial charge in [0.05, 0.1) is 12.1 Å². The van der Waals surface area contributed by atoms with Gasteiger partial charge in [-0.1, -0.05) is 49.4 Å². The lowest BCUT2D eigenvalue weighted by Gasteiger charge is -2.13. The smallest absolute Gasteiger partial charge is 0.376 e. The first-order chi connectivity index (χ1) is 14.3. The third-order valence-electron chi connectivity index (χ3n) is 4.47. The molecule has 0 amide bonds. The van der Waals surface area contributed by atoms with Crippen molar-refractivity contribution in [2.75, 3.05) is 0 Å². The highest BCUT2D eigenvalue weighted by Gasteiger charge is 2.25. The van der Waals surface area contributed by atoms with Gasteiger partial charge in [0.1, 0.15) is 5.82 Å². The minimum absolute atomic E-state index is 0.265. The highest BCUT2D eigenvalue weighted by atomic mass is 19.1. The van der Waals surface area contributed by atoms with Gasteiger partial charge in [-0.2, -0.15) is 4.39 Å². The van der Waals surface area contributed by atoms with Crippen molar-refractivity contribution in [3.8, 4) is 11.1 Å². The van der Waals surface area contributed by atoms with Crippen LogP contribution in [-0.4, -0.2) is 21.3 Å². The van der Waals surface area contributed by atoms with Crippen LogP contribution in [0.3, 0.4) is 0 Å². The molecular formula is C21H16F2N2O5. The molecule has 30 heavy (non-hydrogen) atoms. The van der Waals surface area contributed by atoms with Crippen LogP contribution in [0.5, 0.6) is 0 Å². The van der Waals surface area contributed by atoms with Crippen molar-refractivity contribution in [3.05, 3.63) is 92.8 Å². The number of nitrogens with zero attached hydrogens (tertiary/aromatic N) is 1. The van der Waals surface area contributed by atoms with E-state index >= 15 is 0 Å². The van der Waals surface area contributed by atoms with Gasteiger partial charge < -0.3 is 4.74 Å². The predicted molar refractivity (Wildman–Crippen MR) is 103 cm³/mol. The second-order valence-electron chi connectivity index (χ2n) is 6.46. The third-order valence-corrected chi connectivity index (χ3v) is 4.47. The van der Waals surface area contributed by atoms with Gasteiger partial charge in [0, 0.05) is 5.56 Å². The standard InChI is InChI=1S/C21H16F2N2O5/c1-12(14-7-8-15(16(22)9-14)13-5-3-2-4-6-13)18(26)20(28)30-11-25-10-17(23)19(27)24-21(25)29/h2-10,12H,11H2,1H3,(H,24,27,29). The molecule has 0 fully saturated rings. The van der Waals surface area contributed by atoms with Crippen LogP contribution in [0.2, 0.25) is 0 Å². The summed E-state index contributed by atoms with van der Waals surface area (Å²) in [5.74, 6) is -5.07. The summed E-state index contributed by atoms with van der Waals surface area (Å²) in [6, 6.07) is 13.0. The number of H-pyrrole nitrogens is 1. The maximum Gasteiger partial charge on any atom is 0.376 e. The molecule has 0 saturated carbocycles. The number of carbonyl (C=O) groups excluding carboxylic acids is 2. The van der Waals surface area contributed by atoms with Crippen molar-refractivity contribution in [1.82, 2.24) is 9.55 Å². The molecule has 0 aliphatic rings. The van der Waals surface area contributed by atoms with Gasteiger partial charge in [0.2, 0.25) is 11.6 Å². The summed E-state index contributed by atoms with van der Waals surface area (Å²) in [6.45, 7) is 0.636. The lowest BCUT2D eigenvalue weighted by molar-refractivity contribution is -0.157. The first kappa shape index (κ1) is 20.8. The molecule has 3 rings (SSSR count). The van der Waals surface area contributed by atoms with Gasteiger partial charge in [-0.3, -0.25) is 19.1 Å². The molecule has 2 aromatic carbocycles. The van der Waals surface area contributed by atoms with Crippen molar-refractivity contribution < 1.29 is 23.1 Å². The average molecular weight is 414 g/mol. The Balaban J connectivity index is 1.71. The van der Waals surface area contributed by atoms with Crippen LogP contribution < -0.4 is 11.2 Å². The summed E-state index contributed by atoms with van der Waals surface area (Å²) in [4.78, 5) is 48.6. The monoisotopic (exact) mass is 414 g/mol. The molecule has 0 bridgehead atoms. The summed E-state index contributed by atoms with van der Waals surface area (Å²) in [6.07, 6.45) is 0.556. The molecule has 7 nitrogen and oxygen atoms in total. The summed E-state index contributed by atoms with van der Waals surface area (Å²) < 4.78 is 33.1. The molecule has 0 aliphatic heterocycles. The van der Waals surface area contributed by atoms with Crippen LogP contribution in [0.25, 0.3) is 11.1 Å². The summed E-state index contributed by atoms with van der Waals surface area (Å²) in [5, 5.41) is 0. The number of rotatable bonds is 6. The predicted octanol–water partition coefficient (Wildman–Crippen LogP) is 2.36. The summed E-state index contributed by atoms with van der Waals surface area (Å²) >= 11 is 0. The van der Waals surface area contributed by atoms with Gasteiger partial charge in [0.25, 0.3) is 5.56 Å². The van der Waals surface area contributed by atoms with Gasteiger partial charge >= 0.3 is 11.7 Å². The number of hydrogen-bond acceptors (Lipinski definition) is 5. The Kier molecular flexibility index (Phi) is 6.01. The SMILES string of the molecule is CC(C(=O)C(=O)OCn1cc(F)c(=O)[nH]c1=O)c1ccc(-c2ccccc2)c(F)c1. The molecule has 1 unspecified atom stereocenters. The van der Waals surface area contributed by atoms with E-state index in [1.54, 1.807) is 35.3 Å². The van der Waals surface area contributed by atoms with Crippen LogP contribution in [0.15, 0.2) is 64.3 Å². The zero-order chi connectivity index (χ0) is 21.8. The molecule has 1 atom stereocenters. The molecular weight excluding hydrogens is 398 g/mol. The van der Waals surface area contributed by atoms with E-state index in [1.165, 1.54) is 25.1 Å². The van der Waals surface area contributed by atoms with Crippen LogP contribution >= 0.6 is 0 Å². The molecule has 0 spiro atoms. The van der Waals surface area contributed by atoms with Gasteiger partial charge in [-0.15, -0.1) is 0 Å².